The van der Waals surface area contributed by atoms with E-state index in [2.05, 4.69) is 12.1 Å². The largest absolute Gasteiger partial charge is 0.524 e. The minimum absolute atomic E-state index is 0.248. The average Bonchev–Trinajstić information content (AvgIpc) is 3.66. The maximum absolute atomic E-state index is 13.9. The number of thiophene rings is 2. The SMILES string of the molecule is COc1ccc(S(OS(=O)(=O)C(F)(F)F)(c2ccc(OC)cc2)c2ccc(-c3ccc(-c4ccc(C)s4)cc3)s2)cc1. The van der Waals surface area contributed by atoms with Crippen LogP contribution in [0.5, 0.6) is 11.5 Å². The van der Waals surface area contributed by atoms with E-state index in [4.69, 9.17) is 13.1 Å². The lowest BCUT2D eigenvalue weighted by Gasteiger charge is -2.38. The predicted octanol–water partition coefficient (Wildman–Crippen LogP) is 9.53. The summed E-state index contributed by atoms with van der Waals surface area (Å²) in [6, 6.07) is 27.7. The van der Waals surface area contributed by atoms with Crippen LogP contribution >= 0.6 is 33.0 Å². The molecule has 0 aliphatic heterocycles. The Bertz CT molecular complexity index is 1730. The molecule has 0 fully saturated rings. The van der Waals surface area contributed by atoms with Crippen molar-refractivity contribution in [1.29, 1.82) is 0 Å². The topological polar surface area (TPSA) is 61.8 Å². The van der Waals surface area contributed by atoms with Crippen LogP contribution in [-0.4, -0.2) is 28.1 Å². The van der Waals surface area contributed by atoms with Crippen LogP contribution < -0.4 is 9.47 Å². The van der Waals surface area contributed by atoms with E-state index in [-0.39, 0.29) is 9.79 Å². The molecular weight excluding hydrogens is 626 g/mol. The first kappa shape index (κ1) is 30.2. The quantitative estimate of drug-likeness (QED) is 0.149. The van der Waals surface area contributed by atoms with Crippen LogP contribution in [0.1, 0.15) is 4.88 Å². The summed E-state index contributed by atoms with van der Waals surface area (Å²) < 4.78 is 83.2. The lowest BCUT2D eigenvalue weighted by molar-refractivity contribution is -0.0496. The highest BCUT2D eigenvalue weighted by atomic mass is 32.3. The van der Waals surface area contributed by atoms with E-state index in [0.29, 0.717) is 15.7 Å². The zero-order chi connectivity index (χ0) is 30.1. The Morgan fingerprint density at radius 2 is 1.07 bits per heavy atom. The Balaban J connectivity index is 1.69. The number of hydrogen-bond acceptors (Lipinski definition) is 7. The van der Waals surface area contributed by atoms with Crippen LogP contribution in [0.25, 0.3) is 20.9 Å². The van der Waals surface area contributed by atoms with Crippen LogP contribution in [0.3, 0.4) is 0 Å². The van der Waals surface area contributed by atoms with Gasteiger partial charge in [0.05, 0.1) is 18.4 Å². The van der Waals surface area contributed by atoms with Gasteiger partial charge in [-0.15, -0.1) is 22.7 Å². The average molecular weight is 651 g/mol. The van der Waals surface area contributed by atoms with Crippen molar-refractivity contribution in [3.05, 3.63) is 102 Å². The molecule has 2 heterocycles. The zero-order valence-electron chi connectivity index (χ0n) is 22.5. The van der Waals surface area contributed by atoms with Crippen LogP contribution in [0.15, 0.2) is 111 Å². The van der Waals surface area contributed by atoms with E-state index in [0.717, 1.165) is 20.9 Å². The van der Waals surface area contributed by atoms with Crippen molar-refractivity contribution in [2.45, 2.75) is 26.4 Å². The van der Waals surface area contributed by atoms with Gasteiger partial charge in [-0.3, -0.25) is 0 Å². The van der Waals surface area contributed by atoms with Crippen molar-refractivity contribution in [3.8, 4) is 32.4 Å². The Morgan fingerprint density at radius 1 is 0.619 bits per heavy atom. The molecule has 5 rings (SSSR count). The Hall–Kier alpha value is -3.29. The third-order valence-electron chi connectivity index (χ3n) is 6.32. The van der Waals surface area contributed by atoms with Crippen LogP contribution in [0, 0.1) is 6.92 Å². The molecule has 42 heavy (non-hydrogen) atoms. The number of ether oxygens (including phenoxy) is 2. The summed E-state index contributed by atoms with van der Waals surface area (Å²) in [5, 5.41) is 0. The standard InChI is InChI=1S/C30H25F3O5S4/c1-20-4-17-27(39-20)21-5-7-22(8-6-21)28-18-19-29(40-28)41(38-42(34,35)30(31,32)33,25-13-9-23(36-2)10-14-25)26-15-11-24(37-3)12-16-26/h4-19H,1-3H3. The summed E-state index contributed by atoms with van der Waals surface area (Å²) >= 11 is 2.86. The summed E-state index contributed by atoms with van der Waals surface area (Å²) in [4.78, 5) is 3.56. The lowest BCUT2D eigenvalue weighted by atomic mass is 10.1. The molecule has 3 aromatic carbocycles. The number of methoxy groups -OCH3 is 2. The molecule has 0 aliphatic carbocycles. The molecule has 0 atom stereocenters. The maximum atomic E-state index is 13.9. The first-order chi connectivity index (χ1) is 20.0. The number of alkyl halides is 3. The highest BCUT2D eigenvalue weighted by Crippen LogP contribution is 2.72. The van der Waals surface area contributed by atoms with Gasteiger partial charge in [0, 0.05) is 24.4 Å². The summed E-state index contributed by atoms with van der Waals surface area (Å²) in [6.07, 6.45) is 0. The van der Waals surface area contributed by atoms with Crippen molar-refractivity contribution in [1.82, 2.24) is 0 Å². The van der Waals surface area contributed by atoms with Gasteiger partial charge >= 0.3 is 15.6 Å². The van der Waals surface area contributed by atoms with Crippen molar-refractivity contribution >= 4 is 43.1 Å². The Morgan fingerprint density at radius 3 is 1.48 bits per heavy atom. The van der Waals surface area contributed by atoms with Gasteiger partial charge in [-0.25, -0.2) is 0 Å². The highest BCUT2D eigenvalue weighted by molar-refractivity contribution is 8.34. The molecule has 12 heteroatoms. The fraction of sp³-hybridized carbons (Fsp3) is 0.133. The molecular formula is C30H25F3O5S4. The van der Waals surface area contributed by atoms with E-state index in [1.165, 1.54) is 54.7 Å². The van der Waals surface area contributed by atoms with E-state index in [9.17, 15) is 21.6 Å². The van der Waals surface area contributed by atoms with Crippen molar-refractivity contribution in [2.24, 2.45) is 0 Å². The van der Waals surface area contributed by atoms with E-state index < -0.39 is 25.9 Å². The summed E-state index contributed by atoms with van der Waals surface area (Å²) in [7, 11) is -6.58. The molecule has 0 aliphatic rings. The van der Waals surface area contributed by atoms with Crippen molar-refractivity contribution < 1.29 is 34.7 Å². The van der Waals surface area contributed by atoms with Gasteiger partial charge in [0.2, 0.25) is 0 Å². The minimum atomic E-state index is -6.04. The first-order valence-corrected chi connectivity index (χ1v) is 17.0. The molecule has 2 aromatic heterocycles. The number of hydrogen-bond donors (Lipinski definition) is 0. The number of benzene rings is 3. The van der Waals surface area contributed by atoms with Crippen molar-refractivity contribution in [2.75, 3.05) is 14.2 Å². The van der Waals surface area contributed by atoms with Crippen LogP contribution in [0.2, 0.25) is 0 Å². The predicted molar refractivity (Wildman–Crippen MR) is 162 cm³/mol. The zero-order valence-corrected chi connectivity index (χ0v) is 25.8. The number of aryl methyl sites for hydroxylation is 1. The Kier molecular flexibility index (Phi) is 8.46. The van der Waals surface area contributed by atoms with E-state index in [1.807, 2.05) is 31.2 Å². The van der Waals surface area contributed by atoms with Gasteiger partial charge < -0.3 is 9.47 Å². The molecule has 5 aromatic rings. The summed E-state index contributed by atoms with van der Waals surface area (Å²) in [5.41, 5.74) is -3.76. The highest BCUT2D eigenvalue weighted by Gasteiger charge is 2.53. The molecule has 0 saturated heterocycles. The molecule has 0 spiro atoms. The molecule has 0 saturated carbocycles. The molecule has 0 N–H and O–H groups in total. The monoisotopic (exact) mass is 650 g/mol. The van der Waals surface area contributed by atoms with Gasteiger partial charge in [0.25, 0.3) is 0 Å². The second kappa shape index (κ2) is 11.8. The fourth-order valence-electron chi connectivity index (χ4n) is 4.21. The minimum Gasteiger partial charge on any atom is -0.497 e. The Labute approximate surface area is 251 Å². The number of halogens is 3. The third kappa shape index (κ3) is 5.82. The van der Waals surface area contributed by atoms with Crippen LogP contribution in [-0.2, 0) is 13.7 Å². The van der Waals surface area contributed by atoms with Gasteiger partial charge in [-0.2, -0.15) is 25.2 Å². The fourth-order valence-corrected chi connectivity index (χ4v) is 11.7. The van der Waals surface area contributed by atoms with E-state index in [1.54, 1.807) is 47.7 Å². The summed E-state index contributed by atoms with van der Waals surface area (Å²) in [5.74, 6) is 0.904. The second-order valence-electron chi connectivity index (χ2n) is 8.98. The van der Waals surface area contributed by atoms with Gasteiger partial charge in [-0.05, 0) is 101 Å². The van der Waals surface area contributed by atoms with E-state index >= 15 is 0 Å². The van der Waals surface area contributed by atoms with Crippen molar-refractivity contribution in [3.63, 3.8) is 0 Å². The number of rotatable bonds is 9. The molecule has 5 nitrogen and oxygen atoms in total. The van der Waals surface area contributed by atoms with Gasteiger partial charge in [0.1, 0.15) is 11.5 Å². The maximum Gasteiger partial charge on any atom is 0.524 e. The molecule has 0 unspecified atom stereocenters. The summed E-state index contributed by atoms with van der Waals surface area (Å²) in [6.45, 7) is 2.04. The smallest absolute Gasteiger partial charge is 0.497 e. The molecule has 0 amide bonds. The molecule has 220 valence electrons. The third-order valence-corrected chi connectivity index (χ3v) is 13.9. The van der Waals surface area contributed by atoms with Gasteiger partial charge in [0.15, 0.2) is 0 Å². The van der Waals surface area contributed by atoms with Gasteiger partial charge in [-0.1, -0.05) is 24.3 Å². The van der Waals surface area contributed by atoms with Crippen LogP contribution in [0.4, 0.5) is 13.2 Å². The molecule has 0 radical (unpaired) electrons. The normalized spacial score (nSPS) is 12.7. The molecule has 0 bridgehead atoms. The second-order valence-corrected chi connectivity index (χ2v) is 16.0. The first-order valence-electron chi connectivity index (χ1n) is 12.4. The lowest BCUT2D eigenvalue weighted by Crippen LogP contribution is -2.27.